The molecule has 20 heavy (non-hydrogen) atoms. The maximum Gasteiger partial charge on any atom is 0.250 e. The minimum Gasteiger partial charge on any atom is -0.334 e. The summed E-state index contributed by atoms with van der Waals surface area (Å²) >= 11 is 5.84. The molecule has 1 heterocycles. The third-order valence-electron chi connectivity index (χ3n) is 2.76. The van der Waals surface area contributed by atoms with Gasteiger partial charge in [-0.1, -0.05) is 59.2 Å². The second-order valence-corrected chi connectivity index (χ2v) is 4.64. The number of benzene rings is 2. The average molecular weight is 283 g/mol. The monoisotopic (exact) mass is 282 g/mol. The van der Waals surface area contributed by atoms with Crippen molar-refractivity contribution in [3.05, 3.63) is 71.1 Å². The van der Waals surface area contributed by atoms with Gasteiger partial charge in [0.15, 0.2) is 0 Å². The Kier molecular flexibility index (Phi) is 3.61. The first-order valence-electron chi connectivity index (χ1n) is 6.14. The van der Waals surface area contributed by atoms with Crippen LogP contribution in [0.25, 0.3) is 23.5 Å². The first-order valence-corrected chi connectivity index (χ1v) is 6.52. The molecule has 4 heteroatoms. The van der Waals surface area contributed by atoms with Gasteiger partial charge in [-0.25, -0.2) is 0 Å². The van der Waals surface area contributed by atoms with E-state index < -0.39 is 0 Å². The van der Waals surface area contributed by atoms with E-state index in [1.54, 1.807) is 6.08 Å². The topological polar surface area (TPSA) is 38.9 Å². The lowest BCUT2D eigenvalue weighted by Gasteiger charge is -1.92. The molecule has 0 saturated heterocycles. The summed E-state index contributed by atoms with van der Waals surface area (Å²) in [6.45, 7) is 0. The van der Waals surface area contributed by atoms with E-state index in [9.17, 15) is 0 Å². The summed E-state index contributed by atoms with van der Waals surface area (Å²) in [6.07, 6.45) is 3.68. The molecular weight excluding hydrogens is 272 g/mol. The van der Waals surface area contributed by atoms with Crippen molar-refractivity contribution in [3.63, 3.8) is 0 Å². The highest BCUT2D eigenvalue weighted by atomic mass is 35.5. The van der Waals surface area contributed by atoms with Gasteiger partial charge >= 0.3 is 0 Å². The molecule has 98 valence electrons. The van der Waals surface area contributed by atoms with Crippen LogP contribution in [-0.4, -0.2) is 10.1 Å². The summed E-state index contributed by atoms with van der Waals surface area (Å²) in [7, 11) is 0. The van der Waals surface area contributed by atoms with Gasteiger partial charge in [-0.15, -0.1) is 0 Å². The SMILES string of the molecule is Clc1ccc(C=Cc2nc(-c3ccccc3)no2)cc1. The smallest absolute Gasteiger partial charge is 0.250 e. The molecule has 0 spiro atoms. The van der Waals surface area contributed by atoms with Gasteiger partial charge < -0.3 is 4.52 Å². The van der Waals surface area contributed by atoms with Gasteiger partial charge in [0.05, 0.1) is 0 Å². The zero-order valence-corrected chi connectivity index (χ0v) is 11.3. The number of nitrogens with zero attached hydrogens (tertiary/aromatic N) is 2. The van der Waals surface area contributed by atoms with Gasteiger partial charge in [0, 0.05) is 16.7 Å². The summed E-state index contributed by atoms with van der Waals surface area (Å²) in [5, 5.41) is 4.67. The number of rotatable bonds is 3. The van der Waals surface area contributed by atoms with Crippen LogP contribution in [0, 0.1) is 0 Å². The zero-order valence-electron chi connectivity index (χ0n) is 10.5. The minimum absolute atomic E-state index is 0.471. The first-order chi connectivity index (χ1) is 9.81. The predicted molar refractivity (Wildman–Crippen MR) is 80.1 cm³/mol. The Hall–Kier alpha value is -2.39. The molecule has 0 saturated carbocycles. The summed E-state index contributed by atoms with van der Waals surface area (Å²) in [6, 6.07) is 17.2. The first kappa shape index (κ1) is 12.6. The molecule has 0 radical (unpaired) electrons. The maximum absolute atomic E-state index is 5.84. The lowest BCUT2D eigenvalue weighted by atomic mass is 10.2. The highest BCUT2D eigenvalue weighted by molar-refractivity contribution is 6.30. The van der Waals surface area contributed by atoms with E-state index in [1.807, 2.05) is 60.7 Å². The van der Waals surface area contributed by atoms with E-state index in [2.05, 4.69) is 10.1 Å². The standard InChI is InChI=1S/C16H11ClN2O/c17-14-9-6-12(7-10-14)8-11-15-18-16(19-20-15)13-4-2-1-3-5-13/h1-11H. The molecule has 3 rings (SSSR count). The predicted octanol–water partition coefficient (Wildman–Crippen LogP) is 4.56. The van der Waals surface area contributed by atoms with Crippen LogP contribution in [0.4, 0.5) is 0 Å². The number of hydrogen-bond donors (Lipinski definition) is 0. The third-order valence-corrected chi connectivity index (χ3v) is 3.01. The lowest BCUT2D eigenvalue weighted by molar-refractivity contribution is 0.411. The van der Waals surface area contributed by atoms with Crippen molar-refractivity contribution < 1.29 is 4.52 Å². The van der Waals surface area contributed by atoms with Crippen molar-refractivity contribution in [1.82, 2.24) is 10.1 Å². The molecule has 0 aliphatic heterocycles. The van der Waals surface area contributed by atoms with E-state index in [0.29, 0.717) is 16.7 Å². The van der Waals surface area contributed by atoms with E-state index in [-0.39, 0.29) is 0 Å². The van der Waals surface area contributed by atoms with Gasteiger partial charge in [-0.05, 0) is 23.8 Å². The highest BCUT2D eigenvalue weighted by Gasteiger charge is 2.05. The van der Waals surface area contributed by atoms with E-state index in [4.69, 9.17) is 16.1 Å². The molecule has 2 aromatic carbocycles. The molecule has 3 aromatic rings. The van der Waals surface area contributed by atoms with Crippen LogP contribution < -0.4 is 0 Å². The fourth-order valence-corrected chi connectivity index (χ4v) is 1.87. The Morgan fingerprint density at radius 1 is 0.900 bits per heavy atom. The highest BCUT2D eigenvalue weighted by Crippen LogP contribution is 2.16. The van der Waals surface area contributed by atoms with Gasteiger partial charge in [0.1, 0.15) is 0 Å². The van der Waals surface area contributed by atoms with Crippen LogP contribution in [0.5, 0.6) is 0 Å². The Morgan fingerprint density at radius 3 is 2.40 bits per heavy atom. The van der Waals surface area contributed by atoms with Crippen molar-refractivity contribution in [1.29, 1.82) is 0 Å². The number of halogens is 1. The Balaban J connectivity index is 1.79. The molecule has 0 fully saturated rings. The molecule has 0 amide bonds. The Bertz CT molecular complexity index is 718. The van der Waals surface area contributed by atoms with Crippen LogP contribution in [-0.2, 0) is 0 Å². The molecule has 0 aliphatic rings. The van der Waals surface area contributed by atoms with Gasteiger partial charge in [-0.2, -0.15) is 4.98 Å². The zero-order chi connectivity index (χ0) is 13.8. The van der Waals surface area contributed by atoms with Crippen LogP contribution >= 0.6 is 11.6 Å². The Labute approximate surface area is 121 Å². The van der Waals surface area contributed by atoms with Crippen LogP contribution in [0.1, 0.15) is 11.5 Å². The molecule has 0 unspecified atom stereocenters. The van der Waals surface area contributed by atoms with Gasteiger partial charge in [0.25, 0.3) is 5.89 Å². The second kappa shape index (κ2) is 5.72. The second-order valence-electron chi connectivity index (χ2n) is 4.21. The van der Waals surface area contributed by atoms with E-state index in [0.717, 1.165) is 11.1 Å². The number of aromatic nitrogens is 2. The van der Waals surface area contributed by atoms with Crippen molar-refractivity contribution in [2.75, 3.05) is 0 Å². The fourth-order valence-electron chi connectivity index (χ4n) is 1.75. The van der Waals surface area contributed by atoms with Crippen molar-refractivity contribution in [3.8, 4) is 11.4 Å². The van der Waals surface area contributed by atoms with E-state index in [1.165, 1.54) is 0 Å². The molecule has 0 N–H and O–H groups in total. The van der Waals surface area contributed by atoms with Crippen molar-refractivity contribution in [2.45, 2.75) is 0 Å². The maximum atomic E-state index is 5.84. The van der Waals surface area contributed by atoms with Gasteiger partial charge in [-0.3, -0.25) is 0 Å². The lowest BCUT2D eigenvalue weighted by Crippen LogP contribution is -1.79. The van der Waals surface area contributed by atoms with Crippen molar-refractivity contribution >= 4 is 23.8 Å². The molecule has 0 bridgehead atoms. The third kappa shape index (κ3) is 2.95. The van der Waals surface area contributed by atoms with Crippen LogP contribution in [0.2, 0.25) is 5.02 Å². The van der Waals surface area contributed by atoms with E-state index >= 15 is 0 Å². The van der Waals surface area contributed by atoms with Crippen LogP contribution in [0.15, 0.2) is 59.1 Å². The summed E-state index contributed by atoms with van der Waals surface area (Å²) in [4.78, 5) is 4.32. The Morgan fingerprint density at radius 2 is 1.65 bits per heavy atom. The largest absolute Gasteiger partial charge is 0.334 e. The molecule has 0 atom stereocenters. The number of hydrogen-bond acceptors (Lipinski definition) is 3. The normalized spacial score (nSPS) is 11.1. The average Bonchev–Trinajstić information content (AvgIpc) is 2.97. The summed E-state index contributed by atoms with van der Waals surface area (Å²) in [5.74, 6) is 1.06. The van der Waals surface area contributed by atoms with Gasteiger partial charge in [0.2, 0.25) is 5.82 Å². The van der Waals surface area contributed by atoms with Crippen LogP contribution in [0.3, 0.4) is 0 Å². The fraction of sp³-hybridized carbons (Fsp3) is 0. The summed E-state index contributed by atoms with van der Waals surface area (Å²) < 4.78 is 5.19. The summed E-state index contributed by atoms with van der Waals surface area (Å²) in [5.41, 5.74) is 1.95. The van der Waals surface area contributed by atoms with Crippen molar-refractivity contribution in [2.24, 2.45) is 0 Å². The minimum atomic E-state index is 0.471. The molecule has 1 aromatic heterocycles. The molecule has 0 aliphatic carbocycles. The molecule has 3 nitrogen and oxygen atoms in total. The quantitative estimate of drug-likeness (QED) is 0.707. The molecular formula is C16H11ClN2O.